The van der Waals surface area contributed by atoms with Crippen LogP contribution < -0.4 is 5.32 Å². The molecule has 2 amide bonds. The summed E-state index contributed by atoms with van der Waals surface area (Å²) in [5.74, 6) is -0.692. The van der Waals surface area contributed by atoms with Crippen LogP contribution in [0.3, 0.4) is 0 Å². The number of thioether (sulfide) groups is 1. The summed E-state index contributed by atoms with van der Waals surface area (Å²) in [4.78, 5) is 38.4. The number of hydrogen-bond acceptors (Lipinski definition) is 6. The van der Waals surface area contributed by atoms with Gasteiger partial charge in [-0.3, -0.25) is 14.5 Å². The molecule has 0 radical (unpaired) electrons. The molecular weight excluding hydrogens is 547 g/mol. The summed E-state index contributed by atoms with van der Waals surface area (Å²) in [6.45, 7) is 0.378. The van der Waals surface area contributed by atoms with Gasteiger partial charge in [-0.1, -0.05) is 42.2 Å². The quantitative estimate of drug-likeness (QED) is 0.227. The molecule has 0 unspecified atom stereocenters. The summed E-state index contributed by atoms with van der Waals surface area (Å²) in [7, 11) is 1.33. The predicted octanol–water partition coefficient (Wildman–Crippen LogP) is 4.70. The van der Waals surface area contributed by atoms with Gasteiger partial charge in [0, 0.05) is 22.2 Å². The fourth-order valence-corrected chi connectivity index (χ4v) is 4.72. The molecule has 3 rings (SSSR count). The van der Waals surface area contributed by atoms with Crippen molar-refractivity contribution < 1.29 is 19.1 Å². The van der Waals surface area contributed by atoms with Crippen LogP contribution in [0.5, 0.6) is 0 Å². The zero-order valence-electron chi connectivity index (χ0n) is 16.6. The second kappa shape index (κ2) is 10.9. The van der Waals surface area contributed by atoms with Gasteiger partial charge < -0.3 is 10.1 Å². The zero-order chi connectivity index (χ0) is 22.4. The first kappa shape index (κ1) is 23.4. The van der Waals surface area contributed by atoms with Crippen LogP contribution in [0.1, 0.15) is 28.8 Å². The summed E-state index contributed by atoms with van der Waals surface area (Å²) in [6.07, 6.45) is 2.53. The molecule has 6 nitrogen and oxygen atoms in total. The number of carbonyl (C=O) groups is 3. The number of methoxy groups -OCH3 is 1. The van der Waals surface area contributed by atoms with Crippen LogP contribution in [0, 0.1) is 3.57 Å². The van der Waals surface area contributed by atoms with Crippen LogP contribution in [-0.4, -0.2) is 40.7 Å². The molecule has 1 aliphatic heterocycles. The number of benzene rings is 2. The molecule has 9 heteroatoms. The van der Waals surface area contributed by atoms with Crippen molar-refractivity contribution in [2.75, 3.05) is 19.0 Å². The van der Waals surface area contributed by atoms with Crippen molar-refractivity contribution in [3.63, 3.8) is 0 Å². The fourth-order valence-electron chi connectivity index (χ4n) is 2.86. The molecule has 1 saturated heterocycles. The lowest BCUT2D eigenvalue weighted by molar-refractivity contribution is -0.122. The average Bonchev–Trinajstić information content (AvgIpc) is 3.01. The van der Waals surface area contributed by atoms with E-state index in [4.69, 9.17) is 12.2 Å². The van der Waals surface area contributed by atoms with E-state index in [0.717, 1.165) is 14.8 Å². The van der Waals surface area contributed by atoms with Gasteiger partial charge in [-0.2, -0.15) is 0 Å². The van der Waals surface area contributed by atoms with Gasteiger partial charge in [0.15, 0.2) is 0 Å². The number of anilines is 1. The number of hydrogen-bond donors (Lipinski definition) is 1. The SMILES string of the molecule is COC(=O)c1ccc(C=C2SC(=S)N(CCCC(=O)Nc3cccc(I)c3)C2=O)cc1. The summed E-state index contributed by atoms with van der Waals surface area (Å²) < 4.78 is 6.20. The maximum Gasteiger partial charge on any atom is 0.337 e. The van der Waals surface area contributed by atoms with Gasteiger partial charge in [0.25, 0.3) is 5.91 Å². The van der Waals surface area contributed by atoms with Crippen LogP contribution in [-0.2, 0) is 14.3 Å². The van der Waals surface area contributed by atoms with Crippen molar-refractivity contribution in [1.82, 2.24) is 4.90 Å². The van der Waals surface area contributed by atoms with Gasteiger partial charge in [-0.25, -0.2) is 4.79 Å². The average molecular weight is 566 g/mol. The first-order valence-corrected chi connectivity index (χ1v) is 11.7. The van der Waals surface area contributed by atoms with Gasteiger partial charge >= 0.3 is 5.97 Å². The molecule has 0 spiro atoms. The second-order valence-corrected chi connectivity index (χ2v) is 9.53. The highest BCUT2D eigenvalue weighted by Gasteiger charge is 2.31. The molecule has 160 valence electrons. The molecule has 0 saturated carbocycles. The lowest BCUT2D eigenvalue weighted by Crippen LogP contribution is -2.29. The zero-order valence-corrected chi connectivity index (χ0v) is 20.4. The summed E-state index contributed by atoms with van der Waals surface area (Å²) in [5, 5.41) is 2.86. The van der Waals surface area contributed by atoms with E-state index in [0.29, 0.717) is 27.8 Å². The number of halogens is 1. The third kappa shape index (κ3) is 6.37. The lowest BCUT2D eigenvalue weighted by Gasteiger charge is -2.14. The van der Waals surface area contributed by atoms with Gasteiger partial charge in [0.1, 0.15) is 4.32 Å². The van der Waals surface area contributed by atoms with Crippen molar-refractivity contribution in [2.24, 2.45) is 0 Å². The normalized spacial score (nSPS) is 14.8. The lowest BCUT2D eigenvalue weighted by atomic mass is 10.1. The molecule has 0 aromatic heterocycles. The Hall–Kier alpha value is -2.24. The Labute approximate surface area is 203 Å². The van der Waals surface area contributed by atoms with Crippen LogP contribution in [0.25, 0.3) is 6.08 Å². The standard InChI is InChI=1S/C22H19IN2O4S2/c1-29-21(28)15-9-7-14(8-10-15)12-18-20(27)25(22(30)31-18)11-3-6-19(26)24-17-5-2-4-16(23)13-17/h2,4-5,7-10,12-13H,3,6,11H2,1H3,(H,24,26). The molecule has 0 aliphatic carbocycles. The number of thiocarbonyl (C=S) groups is 1. The number of nitrogens with one attached hydrogen (secondary N) is 1. The highest BCUT2D eigenvalue weighted by atomic mass is 127. The topological polar surface area (TPSA) is 75.7 Å². The number of amides is 2. The van der Waals surface area contributed by atoms with Gasteiger partial charge in [0.05, 0.1) is 17.6 Å². The Morgan fingerprint density at radius 3 is 2.65 bits per heavy atom. The second-order valence-electron chi connectivity index (χ2n) is 6.61. The third-order valence-corrected chi connectivity index (χ3v) is 6.45. The summed E-state index contributed by atoms with van der Waals surface area (Å²) >= 11 is 8.76. The molecule has 2 aromatic carbocycles. The smallest absolute Gasteiger partial charge is 0.337 e. The van der Waals surface area contributed by atoms with Crippen molar-refractivity contribution in [3.05, 3.63) is 68.1 Å². The predicted molar refractivity (Wildman–Crippen MR) is 135 cm³/mol. The number of ether oxygens (including phenoxy) is 1. The molecule has 1 fully saturated rings. The first-order chi connectivity index (χ1) is 14.9. The fraction of sp³-hybridized carbons (Fsp3) is 0.182. The highest BCUT2D eigenvalue weighted by molar-refractivity contribution is 14.1. The molecule has 0 atom stereocenters. The van der Waals surface area contributed by atoms with E-state index in [1.54, 1.807) is 30.3 Å². The van der Waals surface area contributed by atoms with Crippen molar-refractivity contribution in [1.29, 1.82) is 0 Å². The van der Waals surface area contributed by atoms with Crippen molar-refractivity contribution in [3.8, 4) is 0 Å². The van der Waals surface area contributed by atoms with E-state index in [2.05, 4.69) is 32.6 Å². The van der Waals surface area contributed by atoms with E-state index in [1.807, 2.05) is 24.3 Å². The van der Waals surface area contributed by atoms with E-state index < -0.39 is 5.97 Å². The van der Waals surface area contributed by atoms with E-state index in [9.17, 15) is 14.4 Å². The monoisotopic (exact) mass is 566 g/mol. The molecule has 1 aliphatic rings. The van der Waals surface area contributed by atoms with Crippen LogP contribution in [0.4, 0.5) is 5.69 Å². The molecule has 1 heterocycles. The van der Waals surface area contributed by atoms with Crippen LogP contribution >= 0.6 is 46.6 Å². The third-order valence-electron chi connectivity index (χ3n) is 4.40. The van der Waals surface area contributed by atoms with Crippen LogP contribution in [0.2, 0.25) is 0 Å². The Morgan fingerprint density at radius 1 is 1.23 bits per heavy atom. The number of rotatable bonds is 7. The number of esters is 1. The van der Waals surface area contributed by atoms with Crippen molar-refractivity contribution in [2.45, 2.75) is 12.8 Å². The molecule has 31 heavy (non-hydrogen) atoms. The van der Waals surface area contributed by atoms with E-state index in [-0.39, 0.29) is 18.2 Å². The molecule has 1 N–H and O–H groups in total. The minimum Gasteiger partial charge on any atom is -0.465 e. The largest absolute Gasteiger partial charge is 0.465 e. The first-order valence-electron chi connectivity index (χ1n) is 9.36. The Balaban J connectivity index is 1.54. The summed E-state index contributed by atoms with van der Waals surface area (Å²) in [5.41, 5.74) is 1.98. The maximum atomic E-state index is 12.7. The van der Waals surface area contributed by atoms with Gasteiger partial charge in [0.2, 0.25) is 5.91 Å². The molecule has 0 bridgehead atoms. The summed E-state index contributed by atoms with van der Waals surface area (Å²) in [6, 6.07) is 14.3. The molecular formula is C22H19IN2O4S2. The highest BCUT2D eigenvalue weighted by Crippen LogP contribution is 2.32. The Morgan fingerprint density at radius 2 is 1.97 bits per heavy atom. The minimum absolute atomic E-state index is 0.103. The van der Waals surface area contributed by atoms with Gasteiger partial charge in [-0.15, -0.1) is 0 Å². The van der Waals surface area contributed by atoms with E-state index >= 15 is 0 Å². The molecule has 2 aromatic rings. The van der Waals surface area contributed by atoms with Crippen LogP contribution in [0.15, 0.2) is 53.4 Å². The maximum absolute atomic E-state index is 12.7. The number of carbonyl (C=O) groups excluding carboxylic acids is 3. The van der Waals surface area contributed by atoms with Gasteiger partial charge in [-0.05, 0) is 71.0 Å². The minimum atomic E-state index is -0.413. The Bertz CT molecular complexity index is 1050. The van der Waals surface area contributed by atoms with Crippen molar-refractivity contribution >= 4 is 80.4 Å². The Kier molecular flexibility index (Phi) is 8.22. The van der Waals surface area contributed by atoms with E-state index in [1.165, 1.54) is 23.8 Å². The number of nitrogens with zero attached hydrogens (tertiary/aromatic N) is 1.